The molecule has 1 fully saturated rings. The van der Waals surface area contributed by atoms with Crippen molar-refractivity contribution >= 4 is 0 Å². The van der Waals surface area contributed by atoms with Crippen LogP contribution in [-0.2, 0) is 0 Å². The van der Waals surface area contributed by atoms with Crippen LogP contribution in [0.15, 0.2) is 0 Å². The molecule has 1 aliphatic rings. The third kappa shape index (κ3) is 4.40. The number of rotatable bonds is 5. The van der Waals surface area contributed by atoms with E-state index in [9.17, 15) is 0 Å². The summed E-state index contributed by atoms with van der Waals surface area (Å²) in [6, 6.07) is 0.647. The fourth-order valence-electron chi connectivity index (χ4n) is 2.40. The summed E-state index contributed by atoms with van der Waals surface area (Å²) in [5.74, 6) is 0.769. The summed E-state index contributed by atoms with van der Waals surface area (Å²) in [6.07, 6.45) is 2.58. The molecule has 0 spiro atoms. The Morgan fingerprint density at radius 2 is 1.94 bits per heavy atom. The minimum absolute atomic E-state index is 0.647. The summed E-state index contributed by atoms with van der Waals surface area (Å²) in [4.78, 5) is 5.06. The molecule has 1 aliphatic heterocycles. The zero-order valence-electron chi connectivity index (χ0n) is 11.5. The first-order chi connectivity index (χ1) is 7.67. The molecule has 96 valence electrons. The maximum absolute atomic E-state index is 3.48. The maximum Gasteiger partial charge on any atom is 0.0217 e. The Morgan fingerprint density at radius 1 is 1.19 bits per heavy atom. The van der Waals surface area contributed by atoms with Crippen LogP contribution in [0, 0.1) is 5.92 Å². The zero-order chi connectivity index (χ0) is 12.0. The molecule has 1 saturated heterocycles. The van der Waals surface area contributed by atoms with E-state index in [1.165, 1.54) is 45.6 Å². The lowest BCUT2D eigenvalue weighted by Crippen LogP contribution is -2.44. The lowest BCUT2D eigenvalue weighted by Gasteiger charge is -2.29. The molecule has 0 radical (unpaired) electrons. The highest BCUT2D eigenvalue weighted by Gasteiger charge is 2.19. The van der Waals surface area contributed by atoms with Crippen molar-refractivity contribution in [1.82, 2.24) is 15.1 Å². The average Bonchev–Trinajstić information content (AvgIpc) is 2.50. The van der Waals surface area contributed by atoms with Crippen LogP contribution in [-0.4, -0.2) is 62.7 Å². The summed E-state index contributed by atoms with van der Waals surface area (Å²) in [5.41, 5.74) is 0. The smallest absolute Gasteiger partial charge is 0.0217 e. The standard InChI is InChI=1S/C13H29N3/c1-5-12(2)13(14-3)11-16-8-6-7-15(4)9-10-16/h12-14H,5-11H2,1-4H3. The van der Waals surface area contributed by atoms with E-state index in [1.54, 1.807) is 0 Å². The van der Waals surface area contributed by atoms with Gasteiger partial charge in [0.15, 0.2) is 0 Å². The lowest BCUT2D eigenvalue weighted by molar-refractivity contribution is 0.220. The van der Waals surface area contributed by atoms with Gasteiger partial charge in [-0.05, 0) is 39.5 Å². The number of nitrogens with one attached hydrogen (secondary N) is 1. The summed E-state index contributed by atoms with van der Waals surface area (Å²) >= 11 is 0. The van der Waals surface area contributed by atoms with Crippen LogP contribution in [0.2, 0.25) is 0 Å². The molecule has 2 unspecified atom stereocenters. The lowest BCUT2D eigenvalue weighted by atomic mass is 9.99. The summed E-state index contributed by atoms with van der Waals surface area (Å²) < 4.78 is 0. The fourth-order valence-corrected chi connectivity index (χ4v) is 2.40. The van der Waals surface area contributed by atoms with Gasteiger partial charge in [-0.1, -0.05) is 20.3 Å². The topological polar surface area (TPSA) is 18.5 Å². The number of nitrogens with zero attached hydrogens (tertiary/aromatic N) is 2. The largest absolute Gasteiger partial charge is 0.315 e. The van der Waals surface area contributed by atoms with Gasteiger partial charge >= 0.3 is 0 Å². The van der Waals surface area contributed by atoms with Crippen LogP contribution in [0.1, 0.15) is 26.7 Å². The molecule has 3 nitrogen and oxygen atoms in total. The van der Waals surface area contributed by atoms with E-state index in [-0.39, 0.29) is 0 Å². The van der Waals surface area contributed by atoms with E-state index < -0.39 is 0 Å². The first-order valence-corrected chi connectivity index (χ1v) is 6.75. The number of hydrogen-bond donors (Lipinski definition) is 1. The van der Waals surface area contributed by atoms with Crippen LogP contribution >= 0.6 is 0 Å². The van der Waals surface area contributed by atoms with Crippen LogP contribution in [0.3, 0.4) is 0 Å². The van der Waals surface area contributed by atoms with Gasteiger partial charge in [0, 0.05) is 25.7 Å². The van der Waals surface area contributed by atoms with Crippen LogP contribution in [0.4, 0.5) is 0 Å². The van der Waals surface area contributed by atoms with Crippen molar-refractivity contribution in [3.05, 3.63) is 0 Å². The Morgan fingerprint density at radius 3 is 2.56 bits per heavy atom. The van der Waals surface area contributed by atoms with Gasteiger partial charge in [-0.2, -0.15) is 0 Å². The SMILES string of the molecule is CCC(C)C(CN1CCCN(C)CC1)NC. The van der Waals surface area contributed by atoms with Gasteiger partial charge in [0.25, 0.3) is 0 Å². The van der Waals surface area contributed by atoms with Crippen molar-refractivity contribution in [3.8, 4) is 0 Å². The second kappa shape index (κ2) is 7.25. The molecule has 1 heterocycles. The van der Waals surface area contributed by atoms with E-state index >= 15 is 0 Å². The molecule has 16 heavy (non-hydrogen) atoms. The van der Waals surface area contributed by atoms with Crippen molar-refractivity contribution in [2.75, 3.05) is 46.8 Å². The monoisotopic (exact) mass is 227 g/mol. The highest BCUT2D eigenvalue weighted by Crippen LogP contribution is 2.10. The van der Waals surface area contributed by atoms with Gasteiger partial charge in [0.2, 0.25) is 0 Å². The molecule has 0 saturated carbocycles. The first-order valence-electron chi connectivity index (χ1n) is 6.75. The second-order valence-corrected chi connectivity index (χ2v) is 5.24. The molecule has 0 amide bonds. The highest BCUT2D eigenvalue weighted by atomic mass is 15.2. The third-order valence-corrected chi connectivity index (χ3v) is 3.97. The number of hydrogen-bond acceptors (Lipinski definition) is 3. The summed E-state index contributed by atoms with van der Waals surface area (Å²) in [7, 11) is 4.33. The summed E-state index contributed by atoms with van der Waals surface area (Å²) in [5, 5.41) is 3.48. The predicted octanol–water partition coefficient (Wildman–Crippen LogP) is 1.26. The van der Waals surface area contributed by atoms with E-state index in [0.717, 1.165) is 5.92 Å². The fraction of sp³-hybridized carbons (Fsp3) is 1.00. The Labute approximate surface area is 101 Å². The molecular formula is C13H29N3. The van der Waals surface area contributed by atoms with Crippen LogP contribution in [0.25, 0.3) is 0 Å². The minimum atomic E-state index is 0.647. The Hall–Kier alpha value is -0.120. The van der Waals surface area contributed by atoms with Gasteiger partial charge in [-0.15, -0.1) is 0 Å². The van der Waals surface area contributed by atoms with Crippen LogP contribution < -0.4 is 5.32 Å². The molecule has 3 heteroatoms. The molecule has 0 aromatic heterocycles. The van der Waals surface area contributed by atoms with Gasteiger partial charge < -0.3 is 15.1 Å². The normalized spacial score (nSPS) is 24.0. The van der Waals surface area contributed by atoms with Gasteiger partial charge in [-0.25, -0.2) is 0 Å². The predicted molar refractivity (Wildman–Crippen MR) is 70.9 cm³/mol. The number of likely N-dealkylation sites (N-methyl/N-ethyl adjacent to an activating group) is 2. The van der Waals surface area contributed by atoms with Crippen molar-refractivity contribution in [1.29, 1.82) is 0 Å². The Bertz CT molecular complexity index is 184. The zero-order valence-corrected chi connectivity index (χ0v) is 11.5. The van der Waals surface area contributed by atoms with Gasteiger partial charge in [0.05, 0.1) is 0 Å². The van der Waals surface area contributed by atoms with Crippen molar-refractivity contribution in [3.63, 3.8) is 0 Å². The molecule has 2 atom stereocenters. The Balaban J connectivity index is 2.38. The molecule has 0 aromatic carbocycles. The maximum atomic E-state index is 3.48. The molecule has 1 N–H and O–H groups in total. The van der Waals surface area contributed by atoms with Crippen molar-refractivity contribution < 1.29 is 0 Å². The molecule has 0 bridgehead atoms. The Kier molecular flexibility index (Phi) is 6.32. The first kappa shape index (κ1) is 13.9. The van der Waals surface area contributed by atoms with E-state index in [2.05, 4.69) is 43.1 Å². The van der Waals surface area contributed by atoms with Crippen molar-refractivity contribution in [2.45, 2.75) is 32.7 Å². The van der Waals surface area contributed by atoms with Crippen LogP contribution in [0.5, 0.6) is 0 Å². The molecule has 0 aliphatic carbocycles. The van der Waals surface area contributed by atoms with E-state index in [0.29, 0.717) is 6.04 Å². The van der Waals surface area contributed by atoms with Crippen molar-refractivity contribution in [2.24, 2.45) is 5.92 Å². The minimum Gasteiger partial charge on any atom is -0.315 e. The molecule has 0 aromatic rings. The summed E-state index contributed by atoms with van der Waals surface area (Å²) in [6.45, 7) is 10.8. The third-order valence-electron chi connectivity index (χ3n) is 3.97. The highest BCUT2D eigenvalue weighted by molar-refractivity contribution is 4.77. The van der Waals surface area contributed by atoms with Gasteiger partial charge in [-0.3, -0.25) is 0 Å². The average molecular weight is 227 g/mol. The molecular weight excluding hydrogens is 198 g/mol. The quantitative estimate of drug-likeness (QED) is 0.763. The van der Waals surface area contributed by atoms with E-state index in [4.69, 9.17) is 0 Å². The second-order valence-electron chi connectivity index (χ2n) is 5.24. The molecule has 1 rings (SSSR count). The van der Waals surface area contributed by atoms with Gasteiger partial charge in [0.1, 0.15) is 0 Å². The van der Waals surface area contributed by atoms with E-state index in [1.807, 2.05) is 0 Å².